The van der Waals surface area contributed by atoms with E-state index in [-0.39, 0.29) is 6.61 Å². The maximum Gasteiger partial charge on any atom is 0.191 e. The van der Waals surface area contributed by atoms with Gasteiger partial charge in [-0.25, -0.2) is 0 Å². The predicted molar refractivity (Wildman–Crippen MR) is 106 cm³/mol. The van der Waals surface area contributed by atoms with Crippen molar-refractivity contribution in [2.24, 2.45) is 7.05 Å². The molecule has 0 fully saturated rings. The minimum atomic E-state index is -0.600. The molecule has 0 spiro atoms. The number of nitrogens with zero attached hydrogens (tertiary/aromatic N) is 3. The molecule has 0 radical (unpaired) electrons. The lowest BCUT2D eigenvalue weighted by molar-refractivity contribution is 0.126. The van der Waals surface area contributed by atoms with Gasteiger partial charge in [-0.15, -0.1) is 10.2 Å². The van der Waals surface area contributed by atoms with Crippen LogP contribution in [0.5, 0.6) is 11.5 Å². The fourth-order valence-corrected chi connectivity index (χ4v) is 3.29. The van der Waals surface area contributed by atoms with Crippen LogP contribution in [0, 0.1) is 6.92 Å². The van der Waals surface area contributed by atoms with Gasteiger partial charge < -0.3 is 19.1 Å². The number of methoxy groups -OCH3 is 1. The molecular formula is C20H23N3O3S. The molecule has 1 atom stereocenters. The highest BCUT2D eigenvalue weighted by molar-refractivity contribution is 7.99. The molecule has 0 aliphatic carbocycles. The van der Waals surface area contributed by atoms with Crippen LogP contribution in [-0.2, 0) is 7.05 Å². The average Bonchev–Trinajstić information content (AvgIpc) is 3.06. The van der Waals surface area contributed by atoms with E-state index < -0.39 is 6.10 Å². The lowest BCUT2D eigenvalue weighted by Gasteiger charge is -2.12. The summed E-state index contributed by atoms with van der Waals surface area (Å²) in [5.41, 5.74) is 2.13. The molecule has 1 N–H and O–H groups in total. The number of aliphatic hydroxyl groups excluding tert-OH is 1. The van der Waals surface area contributed by atoms with Crippen LogP contribution in [0.3, 0.4) is 0 Å². The summed E-state index contributed by atoms with van der Waals surface area (Å²) in [4.78, 5) is 0. The lowest BCUT2D eigenvalue weighted by atomic mass is 10.2. The molecule has 0 amide bonds. The molecule has 142 valence electrons. The van der Waals surface area contributed by atoms with Gasteiger partial charge in [-0.1, -0.05) is 29.5 Å². The van der Waals surface area contributed by atoms with Gasteiger partial charge in [-0.05, 0) is 43.3 Å². The molecule has 2 aromatic carbocycles. The highest BCUT2D eigenvalue weighted by atomic mass is 32.2. The number of benzene rings is 2. The maximum atomic E-state index is 10.2. The van der Waals surface area contributed by atoms with Gasteiger partial charge >= 0.3 is 0 Å². The van der Waals surface area contributed by atoms with Gasteiger partial charge in [0, 0.05) is 18.4 Å². The Balaban J connectivity index is 1.54. The molecule has 3 rings (SSSR count). The number of aromatic nitrogens is 3. The topological polar surface area (TPSA) is 69.4 Å². The maximum absolute atomic E-state index is 10.2. The third kappa shape index (κ3) is 5.02. The number of hydrogen-bond donors (Lipinski definition) is 1. The summed E-state index contributed by atoms with van der Waals surface area (Å²) in [7, 11) is 3.55. The molecule has 6 nitrogen and oxygen atoms in total. The van der Waals surface area contributed by atoms with Crippen LogP contribution in [0.25, 0.3) is 11.4 Å². The van der Waals surface area contributed by atoms with E-state index in [2.05, 4.69) is 10.2 Å². The summed E-state index contributed by atoms with van der Waals surface area (Å²) in [6.07, 6.45) is -0.600. The molecule has 0 saturated heterocycles. The van der Waals surface area contributed by atoms with E-state index in [1.165, 1.54) is 17.3 Å². The second kappa shape index (κ2) is 8.92. The second-order valence-corrected chi connectivity index (χ2v) is 7.17. The number of ether oxygens (including phenoxy) is 2. The van der Waals surface area contributed by atoms with Crippen molar-refractivity contribution in [3.8, 4) is 22.9 Å². The number of thioether (sulfide) groups is 1. The van der Waals surface area contributed by atoms with Crippen molar-refractivity contribution >= 4 is 11.8 Å². The Hall–Kier alpha value is -2.51. The number of aryl methyl sites for hydroxylation is 1. The van der Waals surface area contributed by atoms with E-state index >= 15 is 0 Å². The largest absolute Gasteiger partial charge is 0.497 e. The first-order chi connectivity index (χ1) is 13.1. The normalized spacial score (nSPS) is 12.0. The van der Waals surface area contributed by atoms with E-state index in [1.807, 2.05) is 67.1 Å². The van der Waals surface area contributed by atoms with Crippen LogP contribution in [-0.4, -0.2) is 45.4 Å². The Kier molecular flexibility index (Phi) is 6.36. The highest BCUT2D eigenvalue weighted by Gasteiger charge is 2.14. The van der Waals surface area contributed by atoms with Gasteiger partial charge in [0.05, 0.1) is 13.2 Å². The molecule has 0 bridgehead atoms. The van der Waals surface area contributed by atoms with Crippen LogP contribution in [0.15, 0.2) is 53.7 Å². The number of hydrogen-bond acceptors (Lipinski definition) is 6. The fraction of sp³-hybridized carbons (Fsp3) is 0.300. The minimum absolute atomic E-state index is 0.235. The Morgan fingerprint density at radius 2 is 1.70 bits per heavy atom. The van der Waals surface area contributed by atoms with Crippen molar-refractivity contribution in [3.63, 3.8) is 0 Å². The zero-order chi connectivity index (χ0) is 19.2. The van der Waals surface area contributed by atoms with Crippen molar-refractivity contribution in [3.05, 3.63) is 54.1 Å². The molecule has 3 aromatic rings. The fourth-order valence-electron chi connectivity index (χ4n) is 2.48. The molecule has 1 heterocycles. The molecule has 27 heavy (non-hydrogen) atoms. The molecule has 0 saturated carbocycles. The summed E-state index contributed by atoms with van der Waals surface area (Å²) in [5, 5.41) is 19.4. The first-order valence-corrected chi connectivity index (χ1v) is 9.59. The van der Waals surface area contributed by atoms with Crippen LogP contribution >= 0.6 is 11.8 Å². The van der Waals surface area contributed by atoms with Crippen LogP contribution in [0.1, 0.15) is 5.56 Å². The van der Waals surface area contributed by atoms with E-state index in [0.29, 0.717) is 5.75 Å². The van der Waals surface area contributed by atoms with Crippen molar-refractivity contribution in [2.45, 2.75) is 18.2 Å². The Morgan fingerprint density at radius 1 is 1.04 bits per heavy atom. The monoisotopic (exact) mass is 385 g/mol. The zero-order valence-corrected chi connectivity index (χ0v) is 16.4. The third-order valence-electron chi connectivity index (χ3n) is 4.05. The highest BCUT2D eigenvalue weighted by Crippen LogP contribution is 2.25. The molecule has 0 aliphatic rings. The summed E-state index contributed by atoms with van der Waals surface area (Å²) in [6, 6.07) is 15.4. The van der Waals surface area contributed by atoms with Crippen LogP contribution in [0.4, 0.5) is 0 Å². The zero-order valence-electron chi connectivity index (χ0n) is 15.6. The summed E-state index contributed by atoms with van der Waals surface area (Å²) < 4.78 is 12.7. The van der Waals surface area contributed by atoms with Gasteiger partial charge in [0.1, 0.15) is 18.1 Å². The number of rotatable bonds is 8. The predicted octanol–water partition coefficient (Wildman–Crippen LogP) is 3.33. The third-order valence-corrected chi connectivity index (χ3v) is 5.22. The van der Waals surface area contributed by atoms with Gasteiger partial charge in [-0.2, -0.15) is 0 Å². The van der Waals surface area contributed by atoms with Gasteiger partial charge in [-0.3, -0.25) is 0 Å². The lowest BCUT2D eigenvalue weighted by Crippen LogP contribution is -2.20. The van der Waals surface area contributed by atoms with Gasteiger partial charge in [0.2, 0.25) is 0 Å². The van der Waals surface area contributed by atoms with Gasteiger partial charge in [0.15, 0.2) is 11.0 Å². The van der Waals surface area contributed by atoms with Gasteiger partial charge in [0.25, 0.3) is 0 Å². The quantitative estimate of drug-likeness (QED) is 0.600. The Labute approximate surface area is 163 Å². The number of aliphatic hydroxyl groups is 1. The van der Waals surface area contributed by atoms with E-state index in [0.717, 1.165) is 28.0 Å². The summed E-state index contributed by atoms with van der Waals surface area (Å²) in [5.74, 6) is 2.79. The van der Waals surface area contributed by atoms with Crippen LogP contribution < -0.4 is 9.47 Å². The minimum Gasteiger partial charge on any atom is -0.497 e. The molecular weight excluding hydrogens is 362 g/mol. The van der Waals surface area contributed by atoms with Crippen molar-refractivity contribution in [1.29, 1.82) is 0 Å². The first kappa shape index (κ1) is 19.3. The first-order valence-electron chi connectivity index (χ1n) is 8.61. The Bertz CT molecular complexity index is 863. The van der Waals surface area contributed by atoms with Crippen LogP contribution in [0.2, 0.25) is 0 Å². The molecule has 0 unspecified atom stereocenters. The molecule has 0 aliphatic heterocycles. The van der Waals surface area contributed by atoms with E-state index in [1.54, 1.807) is 7.11 Å². The molecule has 1 aromatic heterocycles. The van der Waals surface area contributed by atoms with Crippen molar-refractivity contribution < 1.29 is 14.6 Å². The standard InChI is InChI=1S/C20H23N3O3S/c1-14-4-8-18(9-5-14)26-12-16(24)13-27-20-22-21-19(23(20)2)15-6-10-17(25-3)11-7-15/h4-11,16,24H,12-13H2,1-3H3/t16-/m0/s1. The second-order valence-electron chi connectivity index (χ2n) is 6.18. The van der Waals surface area contributed by atoms with Crippen molar-refractivity contribution in [1.82, 2.24) is 14.8 Å². The smallest absolute Gasteiger partial charge is 0.191 e. The summed E-state index contributed by atoms with van der Waals surface area (Å²) in [6.45, 7) is 2.26. The Morgan fingerprint density at radius 3 is 2.37 bits per heavy atom. The summed E-state index contributed by atoms with van der Waals surface area (Å²) >= 11 is 1.45. The average molecular weight is 385 g/mol. The van der Waals surface area contributed by atoms with Crippen molar-refractivity contribution in [2.75, 3.05) is 19.5 Å². The molecule has 7 heteroatoms. The van der Waals surface area contributed by atoms with E-state index in [4.69, 9.17) is 9.47 Å². The van der Waals surface area contributed by atoms with E-state index in [9.17, 15) is 5.11 Å². The SMILES string of the molecule is COc1ccc(-c2nnc(SC[C@@H](O)COc3ccc(C)cc3)n2C)cc1.